The van der Waals surface area contributed by atoms with Crippen LogP contribution in [0.5, 0.6) is 0 Å². The van der Waals surface area contributed by atoms with E-state index in [9.17, 15) is 0 Å². The lowest BCUT2D eigenvalue weighted by Crippen LogP contribution is -2.38. The van der Waals surface area contributed by atoms with Gasteiger partial charge in [0.15, 0.2) is 0 Å². The summed E-state index contributed by atoms with van der Waals surface area (Å²) in [6.45, 7) is 13.5. The van der Waals surface area contributed by atoms with Crippen molar-refractivity contribution in [2.24, 2.45) is 17.9 Å². The highest BCUT2D eigenvalue weighted by Crippen LogP contribution is 2.59. The van der Waals surface area contributed by atoms with Crippen LogP contribution in [0.25, 0.3) is 11.0 Å². The SMILES string of the molecule is COC[C@H]1O[C@@H](c2nn(C)c3c(C)nc(C)nc23)C(C)(C)C1(C)C. The van der Waals surface area contributed by atoms with E-state index in [-0.39, 0.29) is 23.0 Å². The van der Waals surface area contributed by atoms with Gasteiger partial charge in [-0.3, -0.25) is 4.68 Å². The van der Waals surface area contributed by atoms with Gasteiger partial charge in [0.1, 0.15) is 28.7 Å². The van der Waals surface area contributed by atoms with E-state index in [0.29, 0.717) is 6.61 Å². The van der Waals surface area contributed by atoms with Gasteiger partial charge < -0.3 is 9.47 Å². The molecule has 1 aliphatic heterocycles. The van der Waals surface area contributed by atoms with E-state index in [1.54, 1.807) is 7.11 Å². The minimum absolute atomic E-state index is 0.0172. The summed E-state index contributed by atoms with van der Waals surface area (Å²) in [5.74, 6) is 0.762. The van der Waals surface area contributed by atoms with Crippen molar-refractivity contribution in [3.05, 3.63) is 17.2 Å². The quantitative estimate of drug-likeness (QED) is 0.864. The molecule has 0 aliphatic carbocycles. The summed E-state index contributed by atoms with van der Waals surface area (Å²) in [4.78, 5) is 9.16. The van der Waals surface area contributed by atoms with Crippen LogP contribution in [0.3, 0.4) is 0 Å². The number of aryl methyl sites for hydroxylation is 3. The molecule has 132 valence electrons. The van der Waals surface area contributed by atoms with Gasteiger partial charge in [-0.25, -0.2) is 9.97 Å². The summed E-state index contributed by atoms with van der Waals surface area (Å²) in [6, 6.07) is 0. The summed E-state index contributed by atoms with van der Waals surface area (Å²) in [7, 11) is 3.66. The molecule has 1 saturated heterocycles. The monoisotopic (exact) mass is 332 g/mol. The Morgan fingerprint density at radius 1 is 1.12 bits per heavy atom. The third-order valence-corrected chi connectivity index (χ3v) is 5.98. The number of aromatic nitrogens is 4. The Kier molecular flexibility index (Phi) is 3.96. The maximum atomic E-state index is 6.46. The van der Waals surface area contributed by atoms with Gasteiger partial charge in [-0.05, 0) is 13.8 Å². The normalized spacial score (nSPS) is 25.5. The molecule has 0 spiro atoms. The number of ether oxygens (including phenoxy) is 2. The first-order valence-corrected chi connectivity index (χ1v) is 8.43. The first-order valence-electron chi connectivity index (χ1n) is 8.43. The highest BCUT2D eigenvalue weighted by Gasteiger charge is 2.57. The summed E-state index contributed by atoms with van der Waals surface area (Å²) >= 11 is 0. The fourth-order valence-electron chi connectivity index (χ4n) is 3.77. The van der Waals surface area contributed by atoms with E-state index in [0.717, 1.165) is 28.2 Å². The lowest BCUT2D eigenvalue weighted by Gasteiger charge is -2.38. The summed E-state index contributed by atoms with van der Waals surface area (Å²) in [5.41, 5.74) is 3.57. The number of fused-ring (bicyclic) bond motifs is 1. The highest BCUT2D eigenvalue weighted by atomic mass is 16.5. The molecule has 0 amide bonds. The molecule has 0 radical (unpaired) electrons. The van der Waals surface area contributed by atoms with Crippen LogP contribution in [0, 0.1) is 24.7 Å². The number of rotatable bonds is 3. The Hall–Kier alpha value is -1.53. The number of hydrogen-bond donors (Lipinski definition) is 0. The van der Waals surface area contributed by atoms with Crippen LogP contribution in [0.4, 0.5) is 0 Å². The predicted molar refractivity (Wildman–Crippen MR) is 92.8 cm³/mol. The number of hydrogen-bond acceptors (Lipinski definition) is 5. The first-order chi connectivity index (χ1) is 11.1. The van der Waals surface area contributed by atoms with Gasteiger partial charge >= 0.3 is 0 Å². The summed E-state index contributed by atoms with van der Waals surface area (Å²) < 4.78 is 13.7. The molecule has 2 aromatic heterocycles. The van der Waals surface area contributed by atoms with Crippen molar-refractivity contribution in [1.29, 1.82) is 0 Å². The second kappa shape index (κ2) is 5.49. The fourth-order valence-corrected chi connectivity index (χ4v) is 3.77. The number of nitrogens with zero attached hydrogens (tertiary/aromatic N) is 4. The second-order valence-electron chi connectivity index (χ2n) is 7.97. The van der Waals surface area contributed by atoms with Gasteiger partial charge in [0.2, 0.25) is 0 Å². The van der Waals surface area contributed by atoms with Crippen molar-refractivity contribution in [1.82, 2.24) is 19.7 Å². The van der Waals surface area contributed by atoms with Crippen molar-refractivity contribution < 1.29 is 9.47 Å². The molecule has 3 heterocycles. The molecule has 1 fully saturated rings. The molecule has 0 unspecified atom stereocenters. The molecule has 1 aliphatic rings. The average Bonchev–Trinajstić information content (AvgIpc) is 2.86. The van der Waals surface area contributed by atoms with Gasteiger partial charge in [0.05, 0.1) is 18.4 Å². The third kappa shape index (κ3) is 2.27. The van der Waals surface area contributed by atoms with E-state index in [4.69, 9.17) is 14.6 Å². The molecular weight excluding hydrogens is 304 g/mol. The van der Waals surface area contributed by atoms with Crippen LogP contribution in [0.2, 0.25) is 0 Å². The Balaban J connectivity index is 2.17. The largest absolute Gasteiger partial charge is 0.382 e. The Bertz CT molecular complexity index is 779. The molecule has 0 bridgehead atoms. The fraction of sp³-hybridized carbons (Fsp3) is 0.722. The highest BCUT2D eigenvalue weighted by molar-refractivity contribution is 5.80. The molecule has 2 aromatic rings. The van der Waals surface area contributed by atoms with Crippen LogP contribution < -0.4 is 0 Å². The van der Waals surface area contributed by atoms with Gasteiger partial charge in [0, 0.05) is 25.0 Å². The molecule has 0 saturated carbocycles. The van der Waals surface area contributed by atoms with Crippen molar-refractivity contribution in [3.8, 4) is 0 Å². The van der Waals surface area contributed by atoms with Crippen molar-refractivity contribution in [2.45, 2.75) is 53.8 Å². The summed E-state index contributed by atoms with van der Waals surface area (Å²) in [6.07, 6.45) is -0.117. The molecule has 6 heteroatoms. The van der Waals surface area contributed by atoms with Crippen LogP contribution in [0.15, 0.2) is 0 Å². The van der Waals surface area contributed by atoms with E-state index in [1.165, 1.54) is 0 Å². The maximum Gasteiger partial charge on any atom is 0.126 e. The lowest BCUT2D eigenvalue weighted by atomic mass is 9.64. The van der Waals surface area contributed by atoms with E-state index < -0.39 is 0 Å². The van der Waals surface area contributed by atoms with Crippen LogP contribution in [-0.2, 0) is 16.5 Å². The van der Waals surface area contributed by atoms with Crippen molar-refractivity contribution >= 4 is 11.0 Å². The molecule has 0 aromatic carbocycles. The Morgan fingerprint density at radius 2 is 1.79 bits per heavy atom. The molecular formula is C18H28N4O2. The van der Waals surface area contributed by atoms with Gasteiger partial charge in [-0.15, -0.1) is 0 Å². The topological polar surface area (TPSA) is 62.1 Å². The molecule has 2 atom stereocenters. The Morgan fingerprint density at radius 3 is 2.42 bits per heavy atom. The predicted octanol–water partition coefficient (Wildman–Crippen LogP) is 3.12. The molecule has 24 heavy (non-hydrogen) atoms. The van der Waals surface area contributed by atoms with Crippen LogP contribution in [-0.4, -0.2) is 39.6 Å². The minimum atomic E-state index is -0.134. The smallest absolute Gasteiger partial charge is 0.126 e. The standard InChI is InChI=1S/C18H28N4O2/c1-10-15-13(20-11(2)19-10)14(21-22(15)7)16-18(5,6)17(3,4)12(24-16)9-23-8/h12,16H,9H2,1-8H3/t12-,16+/m1/s1. The number of methoxy groups -OCH3 is 1. The third-order valence-electron chi connectivity index (χ3n) is 5.98. The summed E-state index contributed by atoms with van der Waals surface area (Å²) in [5, 5.41) is 4.78. The van der Waals surface area contributed by atoms with Crippen LogP contribution in [0.1, 0.15) is 51.0 Å². The molecule has 6 nitrogen and oxygen atoms in total. The zero-order chi connectivity index (χ0) is 17.9. The lowest BCUT2D eigenvalue weighted by molar-refractivity contribution is -0.0304. The Labute approximate surface area is 143 Å². The van der Waals surface area contributed by atoms with Gasteiger partial charge in [-0.2, -0.15) is 5.10 Å². The minimum Gasteiger partial charge on any atom is -0.382 e. The first kappa shape index (κ1) is 17.3. The van der Waals surface area contributed by atoms with Crippen molar-refractivity contribution in [2.75, 3.05) is 13.7 Å². The average molecular weight is 332 g/mol. The molecule has 0 N–H and O–H groups in total. The molecule has 3 rings (SSSR count). The van der Waals surface area contributed by atoms with Crippen LogP contribution >= 0.6 is 0 Å². The zero-order valence-electron chi connectivity index (χ0n) is 16.0. The van der Waals surface area contributed by atoms with E-state index >= 15 is 0 Å². The van der Waals surface area contributed by atoms with E-state index in [1.807, 2.05) is 25.6 Å². The van der Waals surface area contributed by atoms with Gasteiger partial charge in [-0.1, -0.05) is 27.7 Å². The van der Waals surface area contributed by atoms with E-state index in [2.05, 4.69) is 37.7 Å². The van der Waals surface area contributed by atoms with Crippen molar-refractivity contribution in [3.63, 3.8) is 0 Å². The zero-order valence-corrected chi connectivity index (χ0v) is 16.0. The second-order valence-corrected chi connectivity index (χ2v) is 7.97. The van der Waals surface area contributed by atoms with Gasteiger partial charge in [0.25, 0.3) is 0 Å². The maximum absolute atomic E-state index is 6.46.